The van der Waals surface area contributed by atoms with Gasteiger partial charge in [0.2, 0.25) is 0 Å². The Bertz CT molecular complexity index is 3370. The maximum Gasteiger partial charge on any atom is 0.161 e. The van der Waals surface area contributed by atoms with E-state index in [4.69, 9.17) is 14.4 Å². The van der Waals surface area contributed by atoms with Crippen molar-refractivity contribution in [2.45, 2.75) is 6.54 Å². The van der Waals surface area contributed by atoms with Gasteiger partial charge in [0, 0.05) is 32.7 Å². The molecule has 9 aromatic carbocycles. The predicted octanol–water partition coefficient (Wildman–Crippen LogP) is 13.8. The van der Waals surface area contributed by atoms with Crippen LogP contribution in [0.5, 0.6) is 0 Å². The molecule has 5 heteroatoms. The fourth-order valence-electron chi connectivity index (χ4n) is 8.67. The van der Waals surface area contributed by atoms with Crippen molar-refractivity contribution in [2.75, 3.05) is 0 Å². The molecule has 59 heavy (non-hydrogen) atoms. The van der Waals surface area contributed by atoms with Gasteiger partial charge in [0.1, 0.15) is 5.58 Å². The van der Waals surface area contributed by atoms with Crippen LogP contribution in [0.3, 0.4) is 0 Å². The molecule has 0 fully saturated rings. The number of para-hydroxylation sites is 1. The monoisotopic (exact) mass is 756 g/mol. The van der Waals surface area contributed by atoms with Gasteiger partial charge in [-0.25, -0.2) is 9.98 Å². The van der Waals surface area contributed by atoms with Gasteiger partial charge in [-0.3, -0.25) is 4.99 Å². The quantitative estimate of drug-likeness (QED) is 0.123. The van der Waals surface area contributed by atoms with Crippen LogP contribution in [0.4, 0.5) is 0 Å². The summed E-state index contributed by atoms with van der Waals surface area (Å²) in [6, 6.07) is 67.7. The van der Waals surface area contributed by atoms with Gasteiger partial charge in [0.05, 0.1) is 23.3 Å². The molecule has 0 bridgehead atoms. The second-order valence-electron chi connectivity index (χ2n) is 14.8. The first kappa shape index (κ1) is 34.4. The van der Waals surface area contributed by atoms with E-state index in [0.29, 0.717) is 18.2 Å². The largest absolute Gasteiger partial charge is 0.454 e. The van der Waals surface area contributed by atoms with Crippen LogP contribution in [0.1, 0.15) is 16.7 Å². The van der Waals surface area contributed by atoms with Crippen molar-refractivity contribution < 1.29 is 4.42 Å². The van der Waals surface area contributed by atoms with Crippen LogP contribution >= 0.6 is 0 Å². The van der Waals surface area contributed by atoms with Crippen LogP contribution in [-0.4, -0.2) is 23.0 Å². The van der Waals surface area contributed by atoms with E-state index < -0.39 is 0 Å². The summed E-state index contributed by atoms with van der Waals surface area (Å²) in [5.74, 6) is 1.04. The average molecular weight is 757 g/mol. The number of benzene rings is 9. The lowest BCUT2D eigenvalue weighted by Crippen LogP contribution is -2.06. The summed E-state index contributed by atoms with van der Waals surface area (Å²) >= 11 is 0. The Morgan fingerprint density at radius 3 is 1.76 bits per heavy atom. The minimum absolute atomic E-state index is 0.468. The number of amidine groups is 2. The van der Waals surface area contributed by atoms with Crippen molar-refractivity contribution in [1.82, 2.24) is 4.57 Å². The zero-order valence-corrected chi connectivity index (χ0v) is 32.1. The summed E-state index contributed by atoms with van der Waals surface area (Å²) < 4.78 is 9.26. The minimum Gasteiger partial charge on any atom is -0.454 e. The van der Waals surface area contributed by atoms with Crippen LogP contribution in [0, 0.1) is 0 Å². The van der Waals surface area contributed by atoms with Gasteiger partial charge in [0.25, 0.3) is 0 Å². The van der Waals surface area contributed by atoms with E-state index >= 15 is 0 Å². The third-order valence-electron chi connectivity index (χ3n) is 11.4. The van der Waals surface area contributed by atoms with E-state index in [1.165, 1.54) is 32.3 Å². The van der Waals surface area contributed by atoms with E-state index in [0.717, 1.165) is 66.5 Å². The Kier molecular flexibility index (Phi) is 8.30. The molecule has 278 valence electrons. The van der Waals surface area contributed by atoms with Gasteiger partial charge in [-0.2, -0.15) is 0 Å². The van der Waals surface area contributed by atoms with Crippen molar-refractivity contribution in [3.8, 4) is 16.8 Å². The Morgan fingerprint density at radius 1 is 0.492 bits per heavy atom. The highest BCUT2D eigenvalue weighted by molar-refractivity contribution is 6.29. The molecule has 11 rings (SSSR count). The van der Waals surface area contributed by atoms with Gasteiger partial charge < -0.3 is 8.98 Å². The topological polar surface area (TPSA) is 55.1 Å². The highest BCUT2D eigenvalue weighted by Gasteiger charge is 2.22. The fraction of sp³-hybridized carbons (Fsp3) is 0.0185. The van der Waals surface area contributed by atoms with E-state index in [2.05, 4.69) is 168 Å². The number of aromatic nitrogens is 1. The summed E-state index contributed by atoms with van der Waals surface area (Å²) in [4.78, 5) is 14.8. The molecule has 0 aliphatic heterocycles. The molecule has 5 nitrogen and oxygen atoms in total. The van der Waals surface area contributed by atoms with Crippen molar-refractivity contribution in [2.24, 2.45) is 15.0 Å². The normalized spacial score (nSPS) is 12.4. The first-order valence-electron chi connectivity index (χ1n) is 19.8. The molecule has 0 spiro atoms. The Balaban J connectivity index is 1.11. The zero-order valence-electron chi connectivity index (χ0n) is 32.1. The fourth-order valence-corrected chi connectivity index (χ4v) is 8.67. The molecule has 0 aliphatic carbocycles. The minimum atomic E-state index is 0.468. The lowest BCUT2D eigenvalue weighted by Gasteiger charge is -2.10. The van der Waals surface area contributed by atoms with Crippen LogP contribution in [0.15, 0.2) is 214 Å². The van der Waals surface area contributed by atoms with Gasteiger partial charge in [0.15, 0.2) is 17.3 Å². The summed E-state index contributed by atoms with van der Waals surface area (Å²) in [5, 5.41) is 9.22. The van der Waals surface area contributed by atoms with Gasteiger partial charge in [-0.15, -0.1) is 0 Å². The van der Waals surface area contributed by atoms with Gasteiger partial charge >= 0.3 is 0 Å². The highest BCUT2D eigenvalue weighted by atomic mass is 16.3. The standard InChI is InChI=1S/C54H36N4O/c1-55-54(57-53(56-34-35-14-4-2-5-15-35)40-28-26-37(27-29-40)36-16-6-3-7-17-36)44-23-13-25-48-49(44)43-22-12-24-47(52(43)59-48)58-45-32-30-38-18-8-10-20-41(38)50(45)51-42-21-11-9-19-39(42)31-33-46(51)58/h2-33H,1,34H2. The van der Waals surface area contributed by atoms with Crippen molar-refractivity contribution in [3.63, 3.8) is 0 Å². The number of hydrogen-bond acceptors (Lipinski definition) is 2. The number of aliphatic imine (C=N–C) groups is 3. The number of hydrogen-bond donors (Lipinski definition) is 0. The Labute approximate surface area is 340 Å². The summed E-state index contributed by atoms with van der Waals surface area (Å²) in [5.41, 5.74) is 9.81. The molecule has 0 unspecified atom stereocenters. The molecule has 0 aliphatic rings. The van der Waals surface area contributed by atoms with Crippen LogP contribution < -0.4 is 0 Å². The second kappa shape index (κ2) is 14.2. The molecule has 0 saturated carbocycles. The van der Waals surface area contributed by atoms with Crippen LogP contribution in [0.2, 0.25) is 0 Å². The molecular formula is C54H36N4O. The molecule has 11 aromatic rings. The van der Waals surface area contributed by atoms with Gasteiger partial charge in [-0.05, 0) is 69.2 Å². The van der Waals surface area contributed by atoms with Crippen molar-refractivity contribution in [3.05, 3.63) is 211 Å². The molecular weight excluding hydrogens is 721 g/mol. The van der Waals surface area contributed by atoms with Crippen molar-refractivity contribution >= 4 is 83.7 Å². The SMILES string of the molecule is C=NC(=NC(=NCc1ccccc1)c1ccc(-c2ccccc2)cc1)c1cccc2oc3c(-n4c5ccc6ccccc6c5c5c6ccccc6ccc54)cccc3c12. The lowest BCUT2D eigenvalue weighted by molar-refractivity contribution is 0.666. The molecule has 2 heterocycles. The van der Waals surface area contributed by atoms with E-state index in [1.807, 2.05) is 42.5 Å². The van der Waals surface area contributed by atoms with Crippen LogP contribution in [0.25, 0.3) is 82.1 Å². The summed E-state index contributed by atoms with van der Waals surface area (Å²) in [7, 11) is 0. The molecule has 0 amide bonds. The lowest BCUT2D eigenvalue weighted by atomic mass is 10.00. The average Bonchev–Trinajstić information content (AvgIpc) is 3.87. The zero-order chi connectivity index (χ0) is 39.3. The number of furan rings is 1. The first-order chi connectivity index (χ1) is 29.2. The third-order valence-corrected chi connectivity index (χ3v) is 11.4. The highest BCUT2D eigenvalue weighted by Crippen LogP contribution is 2.43. The molecule has 0 saturated heterocycles. The molecule has 0 atom stereocenters. The van der Waals surface area contributed by atoms with E-state index in [9.17, 15) is 0 Å². The molecule has 0 radical (unpaired) electrons. The Morgan fingerprint density at radius 2 is 1.08 bits per heavy atom. The maximum atomic E-state index is 6.90. The second-order valence-corrected chi connectivity index (χ2v) is 14.8. The number of fused-ring (bicyclic) bond motifs is 10. The number of rotatable bonds is 6. The molecule has 2 aromatic heterocycles. The van der Waals surface area contributed by atoms with Crippen molar-refractivity contribution in [1.29, 1.82) is 0 Å². The smallest absolute Gasteiger partial charge is 0.161 e. The number of nitrogens with zero attached hydrogens (tertiary/aromatic N) is 4. The van der Waals surface area contributed by atoms with Crippen LogP contribution in [-0.2, 0) is 6.54 Å². The third kappa shape index (κ3) is 5.82. The van der Waals surface area contributed by atoms with E-state index in [-0.39, 0.29) is 0 Å². The first-order valence-corrected chi connectivity index (χ1v) is 19.8. The molecule has 0 N–H and O–H groups in total. The summed E-state index contributed by atoms with van der Waals surface area (Å²) in [6.45, 7) is 4.50. The predicted molar refractivity (Wildman–Crippen MR) is 248 cm³/mol. The summed E-state index contributed by atoms with van der Waals surface area (Å²) in [6.07, 6.45) is 0. The maximum absolute atomic E-state index is 6.90. The van der Waals surface area contributed by atoms with E-state index in [1.54, 1.807) is 0 Å². The Hall–Kier alpha value is -7.89. The van der Waals surface area contributed by atoms with Gasteiger partial charge in [-0.1, -0.05) is 170 Å².